The van der Waals surface area contributed by atoms with Gasteiger partial charge in [-0.3, -0.25) is 9.48 Å². The predicted octanol–water partition coefficient (Wildman–Crippen LogP) is 3.90. The third kappa shape index (κ3) is 4.45. The van der Waals surface area contributed by atoms with Crippen molar-refractivity contribution in [2.45, 2.75) is 25.7 Å². The van der Waals surface area contributed by atoms with E-state index >= 15 is 0 Å². The average Bonchev–Trinajstić information content (AvgIpc) is 3.35. The molecule has 1 aromatic heterocycles. The van der Waals surface area contributed by atoms with E-state index in [1.165, 1.54) is 23.2 Å². The zero-order valence-electron chi connectivity index (χ0n) is 18.6. The molecule has 2 aliphatic rings. The lowest BCUT2D eigenvalue weighted by atomic mass is 9.94. The Morgan fingerprint density at radius 3 is 2.59 bits per heavy atom. The summed E-state index contributed by atoms with van der Waals surface area (Å²) in [5, 5.41) is 8.25. The number of benzene rings is 2. The highest BCUT2D eigenvalue weighted by Crippen LogP contribution is 2.28. The Morgan fingerprint density at radius 1 is 1.06 bits per heavy atom. The van der Waals surface area contributed by atoms with Crippen LogP contribution in [0.5, 0.6) is 0 Å². The van der Waals surface area contributed by atoms with E-state index in [-0.39, 0.29) is 18.3 Å². The van der Waals surface area contributed by atoms with Crippen molar-refractivity contribution in [3.8, 4) is 11.3 Å². The number of amides is 1. The number of rotatable bonds is 4. The number of aryl methyl sites for hydroxylation is 1. The van der Waals surface area contributed by atoms with E-state index in [4.69, 9.17) is 5.10 Å². The van der Waals surface area contributed by atoms with Gasteiger partial charge in [0, 0.05) is 48.9 Å². The zero-order chi connectivity index (χ0) is 21.2. The van der Waals surface area contributed by atoms with Gasteiger partial charge >= 0.3 is 0 Å². The van der Waals surface area contributed by atoms with Crippen LogP contribution >= 0.6 is 12.4 Å². The molecule has 168 valence electrons. The summed E-state index contributed by atoms with van der Waals surface area (Å²) in [5.41, 5.74) is 6.81. The van der Waals surface area contributed by atoms with Gasteiger partial charge in [0.2, 0.25) is 0 Å². The second-order valence-corrected chi connectivity index (χ2v) is 8.78. The fourth-order valence-electron chi connectivity index (χ4n) is 5.09. The van der Waals surface area contributed by atoms with Crippen molar-refractivity contribution in [3.05, 3.63) is 77.0 Å². The predicted molar refractivity (Wildman–Crippen MR) is 130 cm³/mol. The van der Waals surface area contributed by atoms with Crippen LogP contribution in [0.15, 0.2) is 54.6 Å². The summed E-state index contributed by atoms with van der Waals surface area (Å²) >= 11 is 0. The minimum Gasteiger partial charge on any atom is -0.338 e. The first-order valence-electron chi connectivity index (χ1n) is 11.4. The van der Waals surface area contributed by atoms with Crippen LogP contribution in [0.3, 0.4) is 0 Å². The SMILES string of the molecule is Cl.Cn1nc(-c2ccccc2)c2c1CCN(C(=O)c1ccccc1CC1CCNC1)CC2. The Balaban J connectivity index is 0.00000245. The summed E-state index contributed by atoms with van der Waals surface area (Å²) < 4.78 is 2.01. The highest BCUT2D eigenvalue weighted by atomic mass is 35.5. The normalized spacial score (nSPS) is 18.0. The molecular formula is C26H31ClN4O. The van der Waals surface area contributed by atoms with E-state index in [2.05, 4.69) is 41.7 Å². The van der Waals surface area contributed by atoms with Crippen LogP contribution in [0.2, 0.25) is 0 Å². The Kier molecular flexibility index (Phi) is 6.97. The average molecular weight is 451 g/mol. The molecule has 3 heterocycles. The molecule has 0 bridgehead atoms. The third-order valence-electron chi connectivity index (χ3n) is 6.78. The highest BCUT2D eigenvalue weighted by molar-refractivity contribution is 5.95. The summed E-state index contributed by atoms with van der Waals surface area (Å²) in [6.07, 6.45) is 3.85. The molecule has 2 aromatic carbocycles. The van der Waals surface area contributed by atoms with Gasteiger partial charge in [-0.05, 0) is 49.9 Å². The van der Waals surface area contributed by atoms with Gasteiger partial charge in [-0.1, -0.05) is 48.5 Å². The summed E-state index contributed by atoms with van der Waals surface area (Å²) in [5.74, 6) is 0.797. The lowest BCUT2D eigenvalue weighted by Gasteiger charge is -2.22. The van der Waals surface area contributed by atoms with Crippen LogP contribution in [0.25, 0.3) is 11.3 Å². The number of nitrogens with one attached hydrogen (secondary N) is 1. The number of carbonyl (C=O) groups excluding carboxylic acids is 1. The van der Waals surface area contributed by atoms with Crippen molar-refractivity contribution in [2.24, 2.45) is 13.0 Å². The second kappa shape index (κ2) is 9.88. The fourth-order valence-corrected chi connectivity index (χ4v) is 5.09. The van der Waals surface area contributed by atoms with Crippen molar-refractivity contribution in [1.82, 2.24) is 20.0 Å². The monoisotopic (exact) mass is 450 g/mol. The Morgan fingerprint density at radius 2 is 1.81 bits per heavy atom. The first-order valence-corrected chi connectivity index (χ1v) is 11.4. The summed E-state index contributed by atoms with van der Waals surface area (Å²) in [4.78, 5) is 15.6. The van der Waals surface area contributed by atoms with Gasteiger partial charge in [-0.2, -0.15) is 5.10 Å². The first kappa shape index (κ1) is 22.6. The van der Waals surface area contributed by atoms with E-state index in [1.54, 1.807) is 0 Å². The van der Waals surface area contributed by atoms with Crippen LogP contribution in [0, 0.1) is 5.92 Å². The van der Waals surface area contributed by atoms with E-state index in [0.29, 0.717) is 5.92 Å². The number of aromatic nitrogens is 2. The third-order valence-corrected chi connectivity index (χ3v) is 6.78. The largest absolute Gasteiger partial charge is 0.338 e. The highest BCUT2D eigenvalue weighted by Gasteiger charge is 2.26. The van der Waals surface area contributed by atoms with Crippen LogP contribution in [0.1, 0.15) is 33.6 Å². The molecule has 1 saturated heterocycles. The standard InChI is InChI=1S/C26H30N4O.ClH/c1-29-24-13-16-30(15-12-23(24)25(28-29)20-7-3-2-4-8-20)26(31)22-10-6-5-9-21(22)17-19-11-14-27-18-19;/h2-10,19,27H,11-18H2,1H3;1H. The quantitative estimate of drug-likeness (QED) is 0.655. The Labute approximate surface area is 196 Å². The van der Waals surface area contributed by atoms with Crippen molar-refractivity contribution < 1.29 is 4.79 Å². The molecule has 3 aromatic rings. The second-order valence-electron chi connectivity index (χ2n) is 8.78. The van der Waals surface area contributed by atoms with E-state index in [0.717, 1.165) is 62.3 Å². The number of hydrogen-bond acceptors (Lipinski definition) is 3. The maximum Gasteiger partial charge on any atom is 0.254 e. The van der Waals surface area contributed by atoms with E-state index in [1.807, 2.05) is 34.8 Å². The molecule has 5 rings (SSSR count). The van der Waals surface area contributed by atoms with Gasteiger partial charge < -0.3 is 10.2 Å². The minimum atomic E-state index is 0. The molecule has 0 radical (unpaired) electrons. The van der Waals surface area contributed by atoms with Crippen molar-refractivity contribution >= 4 is 18.3 Å². The zero-order valence-corrected chi connectivity index (χ0v) is 19.4. The number of halogens is 1. The molecule has 0 saturated carbocycles. The van der Waals surface area contributed by atoms with Gasteiger partial charge in [-0.15, -0.1) is 12.4 Å². The van der Waals surface area contributed by atoms with Gasteiger partial charge in [-0.25, -0.2) is 0 Å². The first-order chi connectivity index (χ1) is 15.2. The lowest BCUT2D eigenvalue weighted by molar-refractivity contribution is 0.0761. The topological polar surface area (TPSA) is 50.2 Å². The van der Waals surface area contributed by atoms with Gasteiger partial charge in [0.05, 0.1) is 5.69 Å². The lowest BCUT2D eigenvalue weighted by Crippen LogP contribution is -2.34. The van der Waals surface area contributed by atoms with Crippen molar-refractivity contribution in [3.63, 3.8) is 0 Å². The van der Waals surface area contributed by atoms with Crippen LogP contribution in [-0.2, 0) is 26.3 Å². The van der Waals surface area contributed by atoms with Crippen LogP contribution in [-0.4, -0.2) is 46.8 Å². The molecule has 0 aliphatic carbocycles. The number of hydrogen-bond donors (Lipinski definition) is 1. The van der Waals surface area contributed by atoms with Crippen LogP contribution in [0.4, 0.5) is 0 Å². The van der Waals surface area contributed by atoms with E-state index in [9.17, 15) is 4.79 Å². The molecular weight excluding hydrogens is 420 g/mol. The van der Waals surface area contributed by atoms with Crippen molar-refractivity contribution in [1.29, 1.82) is 0 Å². The molecule has 1 N–H and O–H groups in total. The van der Waals surface area contributed by atoms with Gasteiger partial charge in [0.1, 0.15) is 0 Å². The summed E-state index contributed by atoms with van der Waals surface area (Å²) in [6.45, 7) is 3.61. The van der Waals surface area contributed by atoms with Crippen molar-refractivity contribution in [2.75, 3.05) is 26.2 Å². The molecule has 1 unspecified atom stereocenters. The summed E-state index contributed by atoms with van der Waals surface area (Å²) in [7, 11) is 2.02. The number of fused-ring (bicyclic) bond motifs is 1. The maximum atomic E-state index is 13.5. The molecule has 0 spiro atoms. The molecule has 2 aliphatic heterocycles. The molecule has 1 atom stereocenters. The Bertz CT molecular complexity index is 1070. The smallest absolute Gasteiger partial charge is 0.254 e. The molecule has 32 heavy (non-hydrogen) atoms. The molecule has 6 heteroatoms. The summed E-state index contributed by atoms with van der Waals surface area (Å²) in [6, 6.07) is 18.6. The maximum absolute atomic E-state index is 13.5. The van der Waals surface area contributed by atoms with Gasteiger partial charge in [0.25, 0.3) is 5.91 Å². The number of carbonyl (C=O) groups is 1. The van der Waals surface area contributed by atoms with Crippen LogP contribution < -0.4 is 5.32 Å². The van der Waals surface area contributed by atoms with Gasteiger partial charge in [0.15, 0.2) is 0 Å². The minimum absolute atomic E-state index is 0. The molecule has 1 fully saturated rings. The van der Waals surface area contributed by atoms with E-state index < -0.39 is 0 Å². The Hall–Kier alpha value is -2.63. The molecule has 1 amide bonds. The number of nitrogens with zero attached hydrogens (tertiary/aromatic N) is 3. The molecule has 5 nitrogen and oxygen atoms in total. The fraction of sp³-hybridized carbons (Fsp3) is 0.385.